The van der Waals surface area contributed by atoms with E-state index in [1.165, 1.54) is 38.5 Å². The van der Waals surface area contributed by atoms with Gasteiger partial charge in [0.15, 0.2) is 6.10 Å². The minimum atomic E-state index is -0.787. The maximum Gasteiger partial charge on any atom is 0.306 e. The highest BCUT2D eigenvalue weighted by atomic mass is 16.6. The van der Waals surface area contributed by atoms with Crippen LogP contribution in [0.1, 0.15) is 220 Å². The quantitative estimate of drug-likeness (QED) is 0.0263. The molecule has 0 aliphatic carbocycles. The van der Waals surface area contributed by atoms with Gasteiger partial charge in [-0.2, -0.15) is 0 Å². The van der Waals surface area contributed by atoms with Crippen molar-refractivity contribution in [1.29, 1.82) is 0 Å². The van der Waals surface area contributed by atoms with Crippen LogP contribution < -0.4 is 0 Å². The summed E-state index contributed by atoms with van der Waals surface area (Å²) in [6.07, 6.45) is 65.7. The number of rotatable bonds is 44. The number of carbonyl (C=O) groups is 3. The molecule has 0 radical (unpaired) electrons. The summed E-state index contributed by atoms with van der Waals surface area (Å²) in [5.41, 5.74) is 0. The average molecular weight is 861 g/mol. The van der Waals surface area contributed by atoms with Crippen LogP contribution in [0.2, 0.25) is 0 Å². The minimum Gasteiger partial charge on any atom is -0.462 e. The molecular weight excluding hydrogens is 769 g/mol. The predicted molar refractivity (Wildman–Crippen MR) is 265 cm³/mol. The van der Waals surface area contributed by atoms with E-state index >= 15 is 0 Å². The van der Waals surface area contributed by atoms with Crippen LogP contribution in [-0.4, -0.2) is 37.2 Å². The van der Waals surface area contributed by atoms with Gasteiger partial charge in [0.1, 0.15) is 13.2 Å². The third-order valence-corrected chi connectivity index (χ3v) is 10.3. The number of unbranched alkanes of at least 4 members (excludes halogenated alkanes) is 17. The second-order valence-corrected chi connectivity index (χ2v) is 16.3. The first-order valence-corrected chi connectivity index (χ1v) is 25.2. The highest BCUT2D eigenvalue weighted by molar-refractivity contribution is 5.71. The van der Waals surface area contributed by atoms with E-state index in [-0.39, 0.29) is 31.1 Å². The first kappa shape index (κ1) is 58.3. The highest BCUT2D eigenvalue weighted by Crippen LogP contribution is 2.13. The molecule has 1 unspecified atom stereocenters. The van der Waals surface area contributed by atoms with Crippen molar-refractivity contribution in [3.05, 3.63) is 97.2 Å². The first-order chi connectivity index (χ1) is 30.5. The number of esters is 3. The minimum absolute atomic E-state index is 0.0898. The van der Waals surface area contributed by atoms with Gasteiger partial charge in [-0.05, 0) is 96.3 Å². The van der Waals surface area contributed by atoms with Gasteiger partial charge in [0.05, 0.1) is 0 Å². The molecule has 0 amide bonds. The van der Waals surface area contributed by atoms with E-state index in [4.69, 9.17) is 14.2 Å². The fourth-order valence-corrected chi connectivity index (χ4v) is 6.52. The summed E-state index contributed by atoms with van der Waals surface area (Å²) in [6.45, 7) is 6.36. The number of allylic oxidation sites excluding steroid dienone is 16. The fourth-order valence-electron chi connectivity index (χ4n) is 6.52. The molecular formula is C56H92O6. The maximum atomic E-state index is 12.7. The van der Waals surface area contributed by atoms with E-state index in [1.807, 2.05) is 0 Å². The zero-order valence-electron chi connectivity index (χ0n) is 40.1. The Morgan fingerprint density at radius 3 is 1.03 bits per heavy atom. The Morgan fingerprint density at radius 1 is 0.339 bits per heavy atom. The highest BCUT2D eigenvalue weighted by Gasteiger charge is 2.19. The zero-order valence-corrected chi connectivity index (χ0v) is 40.1. The van der Waals surface area contributed by atoms with Crippen LogP contribution >= 0.6 is 0 Å². The van der Waals surface area contributed by atoms with E-state index in [9.17, 15) is 14.4 Å². The maximum absolute atomic E-state index is 12.7. The van der Waals surface area contributed by atoms with E-state index in [1.54, 1.807) is 0 Å². The lowest BCUT2D eigenvalue weighted by molar-refractivity contribution is -0.167. The summed E-state index contributed by atoms with van der Waals surface area (Å²) >= 11 is 0. The van der Waals surface area contributed by atoms with Gasteiger partial charge in [0, 0.05) is 19.3 Å². The van der Waals surface area contributed by atoms with Crippen molar-refractivity contribution in [2.24, 2.45) is 0 Å². The van der Waals surface area contributed by atoms with Crippen LogP contribution in [0, 0.1) is 0 Å². The first-order valence-electron chi connectivity index (χ1n) is 25.2. The molecule has 1 atom stereocenters. The van der Waals surface area contributed by atoms with E-state index in [0.29, 0.717) is 19.3 Å². The van der Waals surface area contributed by atoms with Gasteiger partial charge in [-0.1, -0.05) is 201 Å². The number of carbonyl (C=O) groups excluding carboxylic acids is 3. The zero-order chi connectivity index (χ0) is 45.1. The molecule has 6 heteroatoms. The lowest BCUT2D eigenvalue weighted by atomic mass is 10.1. The SMILES string of the molecule is CC/C=C\C/C=C\C/C=C\C/C=C\C/C=C\C/C=C\CCCCCCCCC(=O)OCC(COC(=O)CCCCCCC)OC(=O)CCCCCCC/C=C\C/C=C\CCCC. The van der Waals surface area contributed by atoms with Gasteiger partial charge >= 0.3 is 17.9 Å². The molecule has 0 rings (SSSR count). The van der Waals surface area contributed by atoms with Gasteiger partial charge in [-0.15, -0.1) is 0 Å². The van der Waals surface area contributed by atoms with Crippen molar-refractivity contribution in [2.75, 3.05) is 13.2 Å². The van der Waals surface area contributed by atoms with Crippen LogP contribution in [-0.2, 0) is 28.6 Å². The molecule has 0 bridgehead atoms. The Balaban J connectivity index is 4.20. The van der Waals surface area contributed by atoms with Crippen molar-refractivity contribution in [2.45, 2.75) is 226 Å². The fraction of sp³-hybridized carbons (Fsp3) is 0.661. The summed E-state index contributed by atoms with van der Waals surface area (Å²) in [6, 6.07) is 0. The number of ether oxygens (including phenoxy) is 3. The van der Waals surface area contributed by atoms with Crippen molar-refractivity contribution in [3.8, 4) is 0 Å². The Hall–Kier alpha value is -3.67. The van der Waals surface area contributed by atoms with Gasteiger partial charge in [-0.3, -0.25) is 14.4 Å². The van der Waals surface area contributed by atoms with Gasteiger partial charge < -0.3 is 14.2 Å². The third-order valence-electron chi connectivity index (χ3n) is 10.3. The molecule has 0 aromatic rings. The van der Waals surface area contributed by atoms with Crippen LogP contribution in [0.15, 0.2) is 97.2 Å². The Kier molecular flexibility index (Phi) is 47.0. The lowest BCUT2D eigenvalue weighted by Crippen LogP contribution is -2.30. The third kappa shape index (κ3) is 47.4. The summed E-state index contributed by atoms with van der Waals surface area (Å²) in [7, 11) is 0. The summed E-state index contributed by atoms with van der Waals surface area (Å²) < 4.78 is 16.6. The summed E-state index contributed by atoms with van der Waals surface area (Å²) in [4.78, 5) is 37.6. The van der Waals surface area contributed by atoms with Gasteiger partial charge in [0.2, 0.25) is 0 Å². The molecule has 0 saturated heterocycles. The second-order valence-electron chi connectivity index (χ2n) is 16.3. The van der Waals surface area contributed by atoms with Crippen LogP contribution in [0.5, 0.6) is 0 Å². The van der Waals surface area contributed by atoms with Crippen molar-refractivity contribution in [1.82, 2.24) is 0 Å². The summed E-state index contributed by atoms with van der Waals surface area (Å²) in [5.74, 6) is -0.939. The smallest absolute Gasteiger partial charge is 0.306 e. The van der Waals surface area contributed by atoms with E-state index < -0.39 is 6.10 Å². The Morgan fingerprint density at radius 2 is 0.645 bits per heavy atom. The molecule has 0 aliphatic rings. The molecule has 0 saturated carbocycles. The van der Waals surface area contributed by atoms with Gasteiger partial charge in [-0.25, -0.2) is 0 Å². The molecule has 62 heavy (non-hydrogen) atoms. The molecule has 0 aliphatic heterocycles. The molecule has 352 valence electrons. The topological polar surface area (TPSA) is 78.9 Å². The summed E-state index contributed by atoms with van der Waals surface area (Å²) in [5, 5.41) is 0. The van der Waals surface area contributed by atoms with Crippen molar-refractivity contribution in [3.63, 3.8) is 0 Å². The van der Waals surface area contributed by atoms with Crippen LogP contribution in [0.4, 0.5) is 0 Å². The van der Waals surface area contributed by atoms with E-state index in [0.717, 1.165) is 141 Å². The van der Waals surface area contributed by atoms with Crippen molar-refractivity contribution >= 4 is 17.9 Å². The molecule has 6 nitrogen and oxygen atoms in total. The molecule has 0 aromatic carbocycles. The Bertz CT molecular complexity index is 1260. The molecule has 0 fully saturated rings. The predicted octanol–water partition coefficient (Wildman–Crippen LogP) is 16.6. The molecule has 0 aromatic heterocycles. The van der Waals surface area contributed by atoms with Crippen molar-refractivity contribution < 1.29 is 28.6 Å². The standard InChI is InChI=1S/C56H92O6/c1-4-7-10-13-15-17-19-21-23-24-25-26-27-28-29-30-31-32-33-35-36-38-40-43-46-49-55(58)61-52-53(51-60-54(57)48-45-42-12-9-6-3)62-56(59)50-47-44-41-39-37-34-22-20-18-16-14-11-8-5-2/h7,10,14-17,20-23,25-26,28-29,31-32,53H,4-6,8-9,11-13,18-19,24,27,30,33-52H2,1-3H3/b10-7-,16-14-,17-15-,22-20-,23-21-,26-25-,29-28-,32-31-. The van der Waals surface area contributed by atoms with Crippen LogP contribution in [0.3, 0.4) is 0 Å². The van der Waals surface area contributed by atoms with Crippen LogP contribution in [0.25, 0.3) is 0 Å². The normalized spacial score (nSPS) is 12.9. The molecule has 0 N–H and O–H groups in total. The Labute approximate surface area is 381 Å². The molecule has 0 spiro atoms. The van der Waals surface area contributed by atoms with Gasteiger partial charge in [0.25, 0.3) is 0 Å². The lowest BCUT2D eigenvalue weighted by Gasteiger charge is -2.18. The number of hydrogen-bond acceptors (Lipinski definition) is 6. The molecule has 0 heterocycles. The average Bonchev–Trinajstić information content (AvgIpc) is 3.27. The second kappa shape index (κ2) is 50.0. The largest absolute Gasteiger partial charge is 0.462 e. The van der Waals surface area contributed by atoms with E-state index in [2.05, 4.69) is 118 Å². The monoisotopic (exact) mass is 861 g/mol. The number of hydrogen-bond donors (Lipinski definition) is 0.